The Balaban J connectivity index is 2.25. The van der Waals surface area contributed by atoms with E-state index in [2.05, 4.69) is 20.9 Å². The highest BCUT2D eigenvalue weighted by Crippen LogP contribution is 2.30. The van der Waals surface area contributed by atoms with Crippen LogP contribution in [0.1, 0.15) is 11.3 Å². The van der Waals surface area contributed by atoms with Gasteiger partial charge < -0.3 is 10.5 Å². The van der Waals surface area contributed by atoms with Crippen molar-refractivity contribution < 1.29 is 4.74 Å². The zero-order valence-corrected chi connectivity index (χ0v) is 12.1. The van der Waals surface area contributed by atoms with Crippen LogP contribution in [0.4, 0.5) is 0 Å². The topological polar surface area (TPSA) is 48.1 Å². The van der Waals surface area contributed by atoms with Gasteiger partial charge in [-0.1, -0.05) is 17.7 Å². The van der Waals surface area contributed by atoms with Gasteiger partial charge >= 0.3 is 0 Å². The predicted octanol–water partition coefficient (Wildman–Crippen LogP) is 4.06. The number of halogens is 2. The van der Waals surface area contributed by atoms with E-state index < -0.39 is 0 Å². The van der Waals surface area contributed by atoms with Gasteiger partial charge in [0.15, 0.2) is 0 Å². The van der Waals surface area contributed by atoms with Crippen molar-refractivity contribution in [1.82, 2.24) is 4.98 Å². The smallest absolute Gasteiger partial charge is 0.219 e. The van der Waals surface area contributed by atoms with E-state index >= 15 is 0 Å². The molecule has 0 aliphatic carbocycles. The molecule has 0 saturated carbocycles. The summed E-state index contributed by atoms with van der Waals surface area (Å²) in [6.45, 7) is 2.35. The van der Waals surface area contributed by atoms with E-state index in [1.807, 2.05) is 19.1 Å². The third-order valence-electron chi connectivity index (χ3n) is 2.44. The molecule has 0 fully saturated rings. The van der Waals surface area contributed by atoms with E-state index in [9.17, 15) is 0 Å². The van der Waals surface area contributed by atoms with Gasteiger partial charge in [0.05, 0.1) is 10.7 Å². The number of aromatic nitrogens is 1. The van der Waals surface area contributed by atoms with Crippen LogP contribution < -0.4 is 10.5 Å². The van der Waals surface area contributed by atoms with Crippen LogP contribution in [-0.4, -0.2) is 4.98 Å². The van der Waals surface area contributed by atoms with E-state index in [1.54, 1.807) is 18.2 Å². The number of hydrogen-bond acceptors (Lipinski definition) is 3. The summed E-state index contributed by atoms with van der Waals surface area (Å²) in [5, 5.41) is 0.528. The normalized spacial score (nSPS) is 10.4. The van der Waals surface area contributed by atoms with Gasteiger partial charge in [-0.2, -0.15) is 0 Å². The van der Waals surface area contributed by atoms with E-state index in [-0.39, 0.29) is 0 Å². The minimum absolute atomic E-state index is 0.454. The summed E-state index contributed by atoms with van der Waals surface area (Å²) in [5.41, 5.74) is 7.37. The third kappa shape index (κ3) is 3.02. The SMILES string of the molecule is Cc1nc(Oc2ccc(CN)cc2Cl)ccc1Br. The second-order valence-electron chi connectivity index (χ2n) is 3.79. The number of nitrogens with zero attached hydrogens (tertiary/aromatic N) is 1. The Kier molecular flexibility index (Phi) is 4.22. The average Bonchev–Trinajstić information content (AvgIpc) is 2.36. The molecule has 0 atom stereocenters. The Labute approximate surface area is 119 Å². The molecule has 0 saturated heterocycles. The van der Waals surface area contributed by atoms with Crippen LogP contribution in [0.25, 0.3) is 0 Å². The van der Waals surface area contributed by atoms with E-state index in [4.69, 9.17) is 22.1 Å². The molecule has 0 aliphatic rings. The minimum Gasteiger partial charge on any atom is -0.437 e. The van der Waals surface area contributed by atoms with Crippen LogP contribution in [0.15, 0.2) is 34.8 Å². The molecule has 1 aromatic heterocycles. The minimum atomic E-state index is 0.454. The standard InChI is InChI=1S/C13H12BrClN2O/c1-8-10(14)3-5-13(17-8)18-12-4-2-9(7-16)6-11(12)15/h2-6H,7,16H2,1H3. The molecule has 1 heterocycles. The first-order valence-electron chi connectivity index (χ1n) is 5.39. The van der Waals surface area contributed by atoms with Gasteiger partial charge in [0.25, 0.3) is 0 Å². The van der Waals surface area contributed by atoms with Crippen LogP contribution in [0.2, 0.25) is 5.02 Å². The maximum absolute atomic E-state index is 6.11. The Morgan fingerprint density at radius 3 is 2.72 bits per heavy atom. The van der Waals surface area contributed by atoms with Crippen LogP contribution in [-0.2, 0) is 6.54 Å². The highest BCUT2D eigenvalue weighted by atomic mass is 79.9. The molecule has 0 aliphatic heterocycles. The zero-order chi connectivity index (χ0) is 13.1. The number of hydrogen-bond donors (Lipinski definition) is 1. The van der Waals surface area contributed by atoms with Gasteiger partial charge in [0, 0.05) is 17.1 Å². The van der Waals surface area contributed by atoms with Crippen molar-refractivity contribution in [2.24, 2.45) is 5.73 Å². The fourth-order valence-corrected chi connectivity index (χ4v) is 1.91. The quantitative estimate of drug-likeness (QED) is 0.925. The van der Waals surface area contributed by atoms with Gasteiger partial charge in [0.1, 0.15) is 5.75 Å². The van der Waals surface area contributed by atoms with E-state index in [0.717, 1.165) is 15.7 Å². The zero-order valence-electron chi connectivity index (χ0n) is 9.78. The molecule has 94 valence electrons. The van der Waals surface area contributed by atoms with Crippen molar-refractivity contribution in [2.75, 3.05) is 0 Å². The number of rotatable bonds is 3. The summed E-state index contributed by atoms with van der Waals surface area (Å²) < 4.78 is 6.58. The maximum Gasteiger partial charge on any atom is 0.219 e. The Hall–Kier alpha value is -1.10. The predicted molar refractivity (Wildman–Crippen MR) is 76.1 cm³/mol. The van der Waals surface area contributed by atoms with Crippen LogP contribution in [0.3, 0.4) is 0 Å². The molecule has 3 nitrogen and oxygen atoms in total. The van der Waals surface area contributed by atoms with Crippen molar-refractivity contribution in [1.29, 1.82) is 0 Å². The van der Waals surface area contributed by atoms with Crippen LogP contribution >= 0.6 is 27.5 Å². The van der Waals surface area contributed by atoms with Gasteiger partial charge in [0.2, 0.25) is 5.88 Å². The average molecular weight is 328 g/mol. The highest BCUT2D eigenvalue weighted by molar-refractivity contribution is 9.10. The second-order valence-corrected chi connectivity index (χ2v) is 5.05. The third-order valence-corrected chi connectivity index (χ3v) is 3.58. The Morgan fingerprint density at radius 2 is 2.11 bits per heavy atom. The van der Waals surface area contributed by atoms with Crippen LogP contribution in [0, 0.1) is 6.92 Å². The van der Waals surface area contributed by atoms with Gasteiger partial charge in [-0.05, 0) is 46.6 Å². The largest absolute Gasteiger partial charge is 0.437 e. The van der Waals surface area contributed by atoms with Crippen LogP contribution in [0.5, 0.6) is 11.6 Å². The lowest BCUT2D eigenvalue weighted by molar-refractivity contribution is 0.461. The van der Waals surface area contributed by atoms with Gasteiger partial charge in [-0.25, -0.2) is 4.98 Å². The molecule has 2 N–H and O–H groups in total. The molecule has 18 heavy (non-hydrogen) atoms. The van der Waals surface area contributed by atoms with Crippen molar-refractivity contribution in [3.8, 4) is 11.6 Å². The number of benzene rings is 1. The summed E-state index contributed by atoms with van der Waals surface area (Å²) in [7, 11) is 0. The maximum atomic E-state index is 6.11. The summed E-state index contributed by atoms with van der Waals surface area (Å²) in [6.07, 6.45) is 0. The second kappa shape index (κ2) is 5.69. The first-order chi connectivity index (χ1) is 8.60. The fraction of sp³-hybridized carbons (Fsp3) is 0.154. The van der Waals surface area contributed by atoms with Crippen molar-refractivity contribution in [3.05, 3.63) is 51.1 Å². The molecule has 5 heteroatoms. The molecule has 0 unspecified atom stereocenters. The number of aryl methyl sites for hydroxylation is 1. The summed E-state index contributed by atoms with van der Waals surface area (Å²) in [6, 6.07) is 9.14. The first-order valence-corrected chi connectivity index (χ1v) is 6.56. The molecule has 2 rings (SSSR count). The number of ether oxygens (including phenoxy) is 1. The van der Waals surface area contributed by atoms with Crippen molar-refractivity contribution in [3.63, 3.8) is 0 Å². The molecule has 0 bridgehead atoms. The fourth-order valence-electron chi connectivity index (χ4n) is 1.44. The monoisotopic (exact) mass is 326 g/mol. The first kappa shape index (κ1) is 13.3. The van der Waals surface area contributed by atoms with Crippen molar-refractivity contribution >= 4 is 27.5 Å². The Morgan fingerprint density at radius 1 is 1.33 bits per heavy atom. The number of nitrogens with two attached hydrogens (primary N) is 1. The van der Waals surface area contributed by atoms with Gasteiger partial charge in [-0.3, -0.25) is 0 Å². The molecular weight excluding hydrogens is 316 g/mol. The summed E-state index contributed by atoms with van der Waals surface area (Å²) in [4.78, 5) is 4.30. The molecular formula is C13H12BrClN2O. The van der Waals surface area contributed by atoms with E-state index in [1.165, 1.54) is 0 Å². The van der Waals surface area contributed by atoms with Crippen molar-refractivity contribution in [2.45, 2.75) is 13.5 Å². The van der Waals surface area contributed by atoms with E-state index in [0.29, 0.717) is 23.2 Å². The molecule has 0 spiro atoms. The molecule has 0 amide bonds. The lowest BCUT2D eigenvalue weighted by Crippen LogP contribution is -1.97. The Bertz CT molecular complexity index is 575. The lowest BCUT2D eigenvalue weighted by Gasteiger charge is -2.08. The molecule has 0 radical (unpaired) electrons. The molecule has 1 aromatic carbocycles. The molecule has 2 aromatic rings. The highest BCUT2D eigenvalue weighted by Gasteiger charge is 2.06. The summed E-state index contributed by atoms with van der Waals surface area (Å²) in [5.74, 6) is 1.08. The van der Waals surface area contributed by atoms with Gasteiger partial charge in [-0.15, -0.1) is 0 Å². The lowest BCUT2D eigenvalue weighted by atomic mass is 10.2. The summed E-state index contributed by atoms with van der Waals surface area (Å²) >= 11 is 9.50. The number of pyridine rings is 1.